The lowest BCUT2D eigenvalue weighted by molar-refractivity contribution is 0.0945. The molecule has 0 radical (unpaired) electrons. The van der Waals surface area contributed by atoms with Gasteiger partial charge in [0.15, 0.2) is 5.69 Å². The Hall–Kier alpha value is -1.69. The van der Waals surface area contributed by atoms with Crippen LogP contribution >= 0.6 is 0 Å². The number of nitrogens with zero attached hydrogens (tertiary/aromatic N) is 3. The van der Waals surface area contributed by atoms with Crippen LogP contribution in [0.15, 0.2) is 12.1 Å². The maximum absolute atomic E-state index is 11.8. The molecule has 0 aromatic carbocycles. The highest BCUT2D eigenvalue weighted by molar-refractivity contribution is 5.92. The van der Waals surface area contributed by atoms with Gasteiger partial charge in [-0.15, -0.1) is 10.2 Å². The second kappa shape index (κ2) is 7.19. The lowest BCUT2D eigenvalue weighted by Crippen LogP contribution is -2.32. The molecular formula is C14H23N5O. The van der Waals surface area contributed by atoms with Crippen molar-refractivity contribution in [1.29, 1.82) is 0 Å². The normalized spacial score (nSPS) is 15.6. The predicted molar refractivity (Wildman–Crippen MR) is 78.8 cm³/mol. The Kier molecular flexibility index (Phi) is 5.29. The molecule has 0 atom stereocenters. The number of rotatable bonds is 6. The fraction of sp³-hybridized carbons (Fsp3) is 0.643. The molecule has 1 aliphatic carbocycles. The third kappa shape index (κ3) is 4.45. The van der Waals surface area contributed by atoms with E-state index in [-0.39, 0.29) is 5.91 Å². The van der Waals surface area contributed by atoms with Crippen molar-refractivity contribution in [3.8, 4) is 0 Å². The van der Waals surface area contributed by atoms with Crippen molar-refractivity contribution in [1.82, 2.24) is 20.4 Å². The first-order valence-electron chi connectivity index (χ1n) is 7.18. The number of anilines is 1. The first kappa shape index (κ1) is 14.7. The van der Waals surface area contributed by atoms with Gasteiger partial charge in [-0.3, -0.25) is 4.79 Å². The number of carbonyl (C=O) groups excluding carboxylic acids is 1. The maximum atomic E-state index is 11.8. The lowest BCUT2D eigenvalue weighted by atomic mass is 10.2. The summed E-state index contributed by atoms with van der Waals surface area (Å²) in [7, 11) is 3.94. The summed E-state index contributed by atoms with van der Waals surface area (Å²) in [5.41, 5.74) is 0.362. The Morgan fingerprint density at radius 1 is 1.30 bits per heavy atom. The topological polar surface area (TPSA) is 70.2 Å². The van der Waals surface area contributed by atoms with E-state index in [4.69, 9.17) is 0 Å². The van der Waals surface area contributed by atoms with Crippen molar-refractivity contribution in [2.75, 3.05) is 32.5 Å². The van der Waals surface area contributed by atoms with Crippen LogP contribution in [0.1, 0.15) is 36.2 Å². The highest BCUT2D eigenvalue weighted by Gasteiger charge is 2.15. The van der Waals surface area contributed by atoms with Gasteiger partial charge in [0.2, 0.25) is 0 Å². The van der Waals surface area contributed by atoms with Crippen LogP contribution in [0.3, 0.4) is 0 Å². The summed E-state index contributed by atoms with van der Waals surface area (Å²) < 4.78 is 0. The molecule has 6 nitrogen and oxygen atoms in total. The van der Waals surface area contributed by atoms with Crippen molar-refractivity contribution in [3.63, 3.8) is 0 Å². The number of hydrogen-bond acceptors (Lipinski definition) is 5. The Balaban J connectivity index is 1.82. The molecule has 20 heavy (non-hydrogen) atoms. The molecule has 2 rings (SSSR count). The summed E-state index contributed by atoms with van der Waals surface area (Å²) in [5.74, 6) is 0.577. The Bertz CT molecular complexity index is 426. The van der Waals surface area contributed by atoms with E-state index in [2.05, 4.69) is 20.8 Å². The van der Waals surface area contributed by atoms with E-state index in [0.717, 1.165) is 12.4 Å². The minimum Gasteiger partial charge on any atom is -0.366 e. The molecule has 0 unspecified atom stereocenters. The zero-order valence-electron chi connectivity index (χ0n) is 12.2. The summed E-state index contributed by atoms with van der Waals surface area (Å²) in [6.07, 6.45) is 4.93. The second-order valence-electron chi connectivity index (χ2n) is 5.49. The van der Waals surface area contributed by atoms with E-state index in [9.17, 15) is 4.79 Å². The van der Waals surface area contributed by atoms with Crippen molar-refractivity contribution in [2.24, 2.45) is 0 Å². The van der Waals surface area contributed by atoms with Crippen LogP contribution in [0.5, 0.6) is 0 Å². The lowest BCUT2D eigenvalue weighted by Gasteiger charge is -2.12. The van der Waals surface area contributed by atoms with Crippen LogP contribution in [0.25, 0.3) is 0 Å². The molecule has 1 aliphatic rings. The van der Waals surface area contributed by atoms with Gasteiger partial charge in [-0.2, -0.15) is 0 Å². The van der Waals surface area contributed by atoms with Crippen molar-refractivity contribution in [3.05, 3.63) is 17.8 Å². The SMILES string of the molecule is CN(C)CCNC(=O)c1ccc(NC2CCCC2)nn1. The molecule has 0 spiro atoms. The second-order valence-corrected chi connectivity index (χ2v) is 5.49. The van der Waals surface area contributed by atoms with E-state index in [1.807, 2.05) is 25.1 Å². The standard InChI is InChI=1S/C14H23N5O/c1-19(2)10-9-15-14(20)12-7-8-13(18-17-12)16-11-5-3-4-6-11/h7-8,11H,3-6,9-10H2,1-2H3,(H,15,20)(H,16,18). The molecule has 1 aromatic heterocycles. The van der Waals surface area contributed by atoms with Gasteiger partial charge in [-0.1, -0.05) is 12.8 Å². The Morgan fingerprint density at radius 2 is 2.05 bits per heavy atom. The van der Waals surface area contributed by atoms with Gasteiger partial charge in [0.25, 0.3) is 5.91 Å². The van der Waals surface area contributed by atoms with Crippen molar-refractivity contribution < 1.29 is 4.79 Å². The van der Waals surface area contributed by atoms with Crippen LogP contribution < -0.4 is 10.6 Å². The van der Waals surface area contributed by atoms with E-state index in [1.165, 1.54) is 25.7 Å². The van der Waals surface area contributed by atoms with Crippen LogP contribution in [-0.4, -0.2) is 54.2 Å². The molecule has 110 valence electrons. The van der Waals surface area contributed by atoms with Gasteiger partial charge >= 0.3 is 0 Å². The highest BCUT2D eigenvalue weighted by atomic mass is 16.1. The molecule has 6 heteroatoms. The fourth-order valence-corrected chi connectivity index (χ4v) is 2.29. The molecule has 0 bridgehead atoms. The van der Waals surface area contributed by atoms with Crippen LogP contribution in [0.4, 0.5) is 5.82 Å². The molecule has 1 aromatic rings. The molecule has 1 amide bonds. The third-order valence-electron chi connectivity index (χ3n) is 3.45. The average molecular weight is 277 g/mol. The predicted octanol–water partition coefficient (Wildman–Crippen LogP) is 1.12. The number of aromatic nitrogens is 2. The fourth-order valence-electron chi connectivity index (χ4n) is 2.29. The number of hydrogen-bond donors (Lipinski definition) is 2. The van der Waals surface area contributed by atoms with E-state index in [1.54, 1.807) is 6.07 Å². The van der Waals surface area contributed by atoms with Gasteiger partial charge in [-0.25, -0.2) is 0 Å². The number of amides is 1. The van der Waals surface area contributed by atoms with Crippen LogP contribution in [0, 0.1) is 0 Å². The summed E-state index contributed by atoms with van der Waals surface area (Å²) in [5, 5.41) is 14.2. The number of likely N-dealkylation sites (N-methyl/N-ethyl adjacent to an activating group) is 1. The first-order valence-corrected chi connectivity index (χ1v) is 7.18. The molecule has 1 fully saturated rings. The zero-order valence-corrected chi connectivity index (χ0v) is 12.2. The Labute approximate surface area is 120 Å². The number of carbonyl (C=O) groups is 1. The Morgan fingerprint density at radius 3 is 2.65 bits per heavy atom. The van der Waals surface area contributed by atoms with Gasteiger partial charge in [0, 0.05) is 19.1 Å². The van der Waals surface area contributed by atoms with E-state index >= 15 is 0 Å². The quantitative estimate of drug-likeness (QED) is 0.815. The van der Waals surface area contributed by atoms with Crippen LogP contribution in [-0.2, 0) is 0 Å². The summed E-state index contributed by atoms with van der Waals surface area (Å²) in [6.45, 7) is 1.41. The van der Waals surface area contributed by atoms with Crippen molar-refractivity contribution in [2.45, 2.75) is 31.7 Å². The molecule has 0 aliphatic heterocycles. The third-order valence-corrected chi connectivity index (χ3v) is 3.45. The monoisotopic (exact) mass is 277 g/mol. The highest BCUT2D eigenvalue weighted by Crippen LogP contribution is 2.20. The molecule has 1 saturated carbocycles. The van der Waals surface area contributed by atoms with E-state index in [0.29, 0.717) is 18.3 Å². The molecule has 2 N–H and O–H groups in total. The zero-order chi connectivity index (χ0) is 14.4. The van der Waals surface area contributed by atoms with Gasteiger partial charge in [0.05, 0.1) is 0 Å². The van der Waals surface area contributed by atoms with Gasteiger partial charge < -0.3 is 15.5 Å². The summed E-state index contributed by atoms with van der Waals surface area (Å²) in [6, 6.07) is 4.05. The van der Waals surface area contributed by atoms with Gasteiger partial charge in [-0.05, 0) is 39.1 Å². The first-order chi connectivity index (χ1) is 9.65. The van der Waals surface area contributed by atoms with E-state index < -0.39 is 0 Å². The summed E-state index contributed by atoms with van der Waals surface area (Å²) in [4.78, 5) is 13.8. The van der Waals surface area contributed by atoms with Crippen molar-refractivity contribution >= 4 is 11.7 Å². The summed E-state index contributed by atoms with van der Waals surface area (Å²) >= 11 is 0. The molecular weight excluding hydrogens is 254 g/mol. The average Bonchev–Trinajstić information content (AvgIpc) is 2.92. The minimum absolute atomic E-state index is 0.174. The maximum Gasteiger partial charge on any atom is 0.271 e. The largest absolute Gasteiger partial charge is 0.366 e. The molecule has 1 heterocycles. The van der Waals surface area contributed by atoms with Crippen LogP contribution in [0.2, 0.25) is 0 Å². The molecule has 0 saturated heterocycles. The number of nitrogens with one attached hydrogen (secondary N) is 2. The smallest absolute Gasteiger partial charge is 0.271 e. The minimum atomic E-state index is -0.174. The van der Waals surface area contributed by atoms with Gasteiger partial charge in [0.1, 0.15) is 5.82 Å².